The van der Waals surface area contributed by atoms with Crippen LogP contribution in [0.2, 0.25) is 0 Å². The van der Waals surface area contributed by atoms with Crippen molar-refractivity contribution in [3.8, 4) is 5.75 Å². The van der Waals surface area contributed by atoms with Gasteiger partial charge in [0.15, 0.2) is 12.4 Å². The van der Waals surface area contributed by atoms with Crippen LogP contribution < -0.4 is 10.1 Å². The van der Waals surface area contributed by atoms with E-state index in [0.717, 1.165) is 0 Å². The molecule has 1 aromatic heterocycles. The molecule has 1 N–H and O–H groups in total. The third-order valence-electron chi connectivity index (χ3n) is 1.57. The minimum Gasteiger partial charge on any atom is -0.484 e. The van der Waals surface area contributed by atoms with Gasteiger partial charge in [-0.2, -0.15) is 5.10 Å². The Hall–Kier alpha value is -1.17. The first-order chi connectivity index (χ1) is 6.53. The maximum Gasteiger partial charge on any atom is 0.293 e. The molecule has 1 heterocycles. The Morgan fingerprint density at radius 1 is 1.64 bits per heavy atom. The molecule has 0 radical (unpaired) electrons. The number of aryl methyl sites for hydroxylation is 1. The van der Waals surface area contributed by atoms with Gasteiger partial charge in [-0.25, -0.2) is 8.78 Å². The van der Waals surface area contributed by atoms with Crippen molar-refractivity contribution in [2.45, 2.75) is 5.92 Å². The second kappa shape index (κ2) is 4.36. The molecule has 0 saturated carbocycles. The third-order valence-corrected chi connectivity index (χ3v) is 1.57. The lowest BCUT2D eigenvalue weighted by molar-refractivity contribution is -0.0375. The molecule has 0 aliphatic heterocycles. The van der Waals surface area contributed by atoms with Gasteiger partial charge in [-0.3, -0.25) is 4.68 Å². The van der Waals surface area contributed by atoms with Crippen LogP contribution in [0, 0.1) is 0 Å². The van der Waals surface area contributed by atoms with Crippen molar-refractivity contribution in [3.05, 3.63) is 12.4 Å². The van der Waals surface area contributed by atoms with Crippen LogP contribution in [0.4, 0.5) is 8.78 Å². The molecule has 6 heteroatoms. The summed E-state index contributed by atoms with van der Waals surface area (Å²) in [6, 6.07) is 0. The average molecular weight is 205 g/mol. The van der Waals surface area contributed by atoms with Gasteiger partial charge in [-0.1, -0.05) is 0 Å². The maximum atomic E-state index is 12.9. The molecule has 0 aromatic carbocycles. The second-order valence-electron chi connectivity index (χ2n) is 3.02. The summed E-state index contributed by atoms with van der Waals surface area (Å²) in [5, 5.41) is 6.19. The first kappa shape index (κ1) is 10.9. The van der Waals surface area contributed by atoms with Gasteiger partial charge in [0.25, 0.3) is 5.92 Å². The first-order valence-corrected chi connectivity index (χ1v) is 4.17. The first-order valence-electron chi connectivity index (χ1n) is 4.17. The van der Waals surface area contributed by atoms with Crippen molar-refractivity contribution >= 4 is 0 Å². The Balaban J connectivity index is 2.40. The number of hydrogen-bond acceptors (Lipinski definition) is 3. The Bertz CT molecular complexity index is 288. The van der Waals surface area contributed by atoms with E-state index in [2.05, 4.69) is 10.4 Å². The van der Waals surface area contributed by atoms with E-state index in [9.17, 15) is 8.78 Å². The van der Waals surface area contributed by atoms with Crippen molar-refractivity contribution in [1.29, 1.82) is 0 Å². The molecule has 0 amide bonds. The Morgan fingerprint density at radius 3 is 2.86 bits per heavy atom. The van der Waals surface area contributed by atoms with E-state index in [1.807, 2.05) is 0 Å². The highest BCUT2D eigenvalue weighted by Crippen LogP contribution is 2.15. The van der Waals surface area contributed by atoms with Crippen LogP contribution in [0.25, 0.3) is 0 Å². The van der Waals surface area contributed by atoms with Crippen LogP contribution in [-0.2, 0) is 7.05 Å². The summed E-state index contributed by atoms with van der Waals surface area (Å²) in [7, 11) is 3.16. The van der Waals surface area contributed by atoms with Gasteiger partial charge in [0.05, 0.1) is 18.9 Å². The van der Waals surface area contributed by atoms with Crippen LogP contribution in [-0.4, -0.2) is 35.9 Å². The highest BCUT2D eigenvalue weighted by Gasteiger charge is 2.29. The molecule has 1 rings (SSSR count). The molecule has 0 aliphatic carbocycles. The second-order valence-corrected chi connectivity index (χ2v) is 3.02. The fourth-order valence-corrected chi connectivity index (χ4v) is 0.972. The standard InChI is InChI=1S/C8H13F2N3O/c1-11-5-8(9,10)6-14-7-3-12-13(2)4-7/h3-4,11H,5-6H2,1-2H3. The summed E-state index contributed by atoms with van der Waals surface area (Å²) in [4.78, 5) is 0. The van der Waals surface area contributed by atoms with E-state index in [4.69, 9.17) is 4.74 Å². The van der Waals surface area contributed by atoms with Crippen LogP contribution in [0.3, 0.4) is 0 Å². The molecule has 0 atom stereocenters. The van der Waals surface area contributed by atoms with Crippen LogP contribution in [0.1, 0.15) is 0 Å². The number of ether oxygens (including phenoxy) is 1. The average Bonchev–Trinajstić information content (AvgIpc) is 2.48. The van der Waals surface area contributed by atoms with Crippen LogP contribution in [0.5, 0.6) is 5.75 Å². The van der Waals surface area contributed by atoms with Crippen molar-refractivity contribution in [2.24, 2.45) is 7.05 Å². The van der Waals surface area contributed by atoms with Crippen LogP contribution in [0.15, 0.2) is 12.4 Å². The van der Waals surface area contributed by atoms with Gasteiger partial charge >= 0.3 is 0 Å². The number of aromatic nitrogens is 2. The van der Waals surface area contributed by atoms with Gasteiger partial charge in [0.2, 0.25) is 0 Å². The van der Waals surface area contributed by atoms with E-state index in [1.54, 1.807) is 7.05 Å². The minimum atomic E-state index is -2.86. The van der Waals surface area contributed by atoms with Crippen molar-refractivity contribution in [1.82, 2.24) is 15.1 Å². The molecule has 14 heavy (non-hydrogen) atoms. The quantitative estimate of drug-likeness (QED) is 0.767. The van der Waals surface area contributed by atoms with E-state index >= 15 is 0 Å². The van der Waals surface area contributed by atoms with Crippen molar-refractivity contribution in [2.75, 3.05) is 20.2 Å². The molecule has 80 valence electrons. The van der Waals surface area contributed by atoms with Gasteiger partial charge in [0, 0.05) is 7.05 Å². The lowest BCUT2D eigenvalue weighted by Crippen LogP contribution is -2.36. The fourth-order valence-electron chi connectivity index (χ4n) is 0.972. The zero-order chi connectivity index (χ0) is 10.6. The molecule has 0 spiro atoms. The SMILES string of the molecule is CNCC(F)(F)COc1cnn(C)c1. The number of nitrogens with zero attached hydrogens (tertiary/aromatic N) is 2. The Labute approximate surface area is 80.9 Å². The Morgan fingerprint density at radius 2 is 2.36 bits per heavy atom. The summed E-state index contributed by atoms with van der Waals surface area (Å²) in [5.41, 5.74) is 0. The Kier molecular flexibility index (Phi) is 3.40. The maximum absolute atomic E-state index is 12.9. The smallest absolute Gasteiger partial charge is 0.293 e. The lowest BCUT2D eigenvalue weighted by atomic mass is 10.3. The van der Waals surface area contributed by atoms with Gasteiger partial charge in [-0.15, -0.1) is 0 Å². The van der Waals surface area contributed by atoms with E-state index in [1.165, 1.54) is 24.1 Å². The molecule has 0 bridgehead atoms. The normalized spacial score (nSPS) is 11.7. The summed E-state index contributed by atoms with van der Waals surface area (Å²) in [6.07, 6.45) is 2.94. The largest absolute Gasteiger partial charge is 0.484 e. The van der Waals surface area contributed by atoms with Crippen molar-refractivity contribution in [3.63, 3.8) is 0 Å². The van der Waals surface area contributed by atoms with Gasteiger partial charge in [-0.05, 0) is 7.05 Å². The molecule has 4 nitrogen and oxygen atoms in total. The van der Waals surface area contributed by atoms with E-state index in [0.29, 0.717) is 5.75 Å². The van der Waals surface area contributed by atoms with E-state index in [-0.39, 0.29) is 0 Å². The molecule has 1 aromatic rings. The lowest BCUT2D eigenvalue weighted by Gasteiger charge is -2.15. The van der Waals surface area contributed by atoms with Gasteiger partial charge < -0.3 is 10.1 Å². The number of hydrogen-bond donors (Lipinski definition) is 1. The molecular weight excluding hydrogens is 192 g/mol. The highest BCUT2D eigenvalue weighted by molar-refractivity contribution is 5.11. The fraction of sp³-hybridized carbons (Fsp3) is 0.625. The zero-order valence-electron chi connectivity index (χ0n) is 8.13. The van der Waals surface area contributed by atoms with E-state index < -0.39 is 19.1 Å². The van der Waals surface area contributed by atoms with Crippen LogP contribution >= 0.6 is 0 Å². The highest BCUT2D eigenvalue weighted by atomic mass is 19.3. The predicted octanol–water partition coefficient (Wildman–Crippen LogP) is 0.654. The number of alkyl halides is 2. The summed E-state index contributed by atoms with van der Waals surface area (Å²) < 4.78 is 32.2. The molecule has 0 fully saturated rings. The van der Waals surface area contributed by atoms with Crippen molar-refractivity contribution < 1.29 is 13.5 Å². The summed E-state index contributed by atoms with van der Waals surface area (Å²) in [6.45, 7) is -1.03. The summed E-state index contributed by atoms with van der Waals surface area (Å²) >= 11 is 0. The zero-order valence-corrected chi connectivity index (χ0v) is 8.13. The molecule has 0 saturated heterocycles. The molecular formula is C8H13F2N3O. The van der Waals surface area contributed by atoms with Gasteiger partial charge in [0.1, 0.15) is 0 Å². The predicted molar refractivity (Wildman–Crippen MR) is 47.6 cm³/mol. The number of halogens is 2. The number of rotatable bonds is 5. The molecule has 0 aliphatic rings. The molecule has 0 unspecified atom stereocenters. The monoisotopic (exact) mass is 205 g/mol. The minimum absolute atomic E-state index is 0.350. The summed E-state index contributed by atoms with van der Waals surface area (Å²) in [5.74, 6) is -2.51. The topological polar surface area (TPSA) is 39.1 Å². The third kappa shape index (κ3) is 3.29. The number of nitrogens with one attached hydrogen (secondary N) is 1.